The van der Waals surface area contributed by atoms with Crippen molar-refractivity contribution in [3.63, 3.8) is 0 Å². The zero-order valence-electron chi connectivity index (χ0n) is 57.7. The van der Waals surface area contributed by atoms with E-state index in [1.807, 2.05) is 113 Å². The lowest BCUT2D eigenvalue weighted by molar-refractivity contribution is 0.0118. The number of ether oxygens (including phenoxy) is 2. The Morgan fingerprint density at radius 3 is 1.34 bits per heavy atom. The van der Waals surface area contributed by atoms with Gasteiger partial charge in [-0.25, -0.2) is 52.6 Å². The molecule has 0 saturated carbocycles. The van der Waals surface area contributed by atoms with Gasteiger partial charge in [0.25, 0.3) is 26.0 Å². The van der Waals surface area contributed by atoms with Crippen molar-refractivity contribution in [2.45, 2.75) is 205 Å². The first-order valence-corrected chi connectivity index (χ1v) is 35.3. The van der Waals surface area contributed by atoms with Gasteiger partial charge in [0.2, 0.25) is 11.9 Å². The fraction of sp³-hybridized carbons (Fsp3) is 0.500. The Morgan fingerprint density at radius 1 is 0.598 bits per heavy atom. The number of nitrogens with zero attached hydrogens (tertiary/aromatic N) is 8. The van der Waals surface area contributed by atoms with Gasteiger partial charge in [-0.3, -0.25) is 14.8 Å². The lowest BCUT2D eigenvalue weighted by atomic mass is 9.91. The normalized spacial score (nSPS) is 16.9. The van der Waals surface area contributed by atoms with Gasteiger partial charge >= 0.3 is 18.2 Å². The maximum Gasteiger partial charge on any atom is 0.410 e. The molecule has 0 spiro atoms. The molecule has 8 heterocycles. The summed E-state index contributed by atoms with van der Waals surface area (Å²) in [5.41, 5.74) is -1.15. The number of aromatic nitrogens is 6. The summed E-state index contributed by atoms with van der Waals surface area (Å²) in [4.78, 5) is 77.4. The molecule has 0 bridgehead atoms. The Kier molecular flexibility index (Phi) is 25.0. The largest absolute Gasteiger partial charge is 0.478 e. The monoisotopic (exact) mass is 1420 g/mol. The highest BCUT2D eigenvalue weighted by atomic mass is 35.5. The van der Waals surface area contributed by atoms with Crippen LogP contribution in [0, 0.1) is 23.7 Å². The molecule has 2 fully saturated rings. The van der Waals surface area contributed by atoms with Gasteiger partial charge in [-0.05, 0) is 192 Å². The third-order valence-corrected chi connectivity index (χ3v) is 18.2. The Morgan fingerprint density at radius 2 is 0.990 bits per heavy atom. The second-order valence-electron chi connectivity index (χ2n) is 29.4. The Balaban J connectivity index is 0.000000263. The highest BCUT2D eigenvalue weighted by molar-refractivity contribution is 7.90. The first-order chi connectivity index (χ1) is 44.6. The molecule has 29 heteroatoms. The molecule has 6 aromatic heterocycles. The fourth-order valence-corrected chi connectivity index (χ4v) is 12.6. The van der Waals surface area contributed by atoms with E-state index in [1.165, 1.54) is 48.7 Å². The summed E-state index contributed by atoms with van der Waals surface area (Å²) >= 11 is 12.1. The van der Waals surface area contributed by atoms with Gasteiger partial charge < -0.3 is 35.0 Å². The molecule has 8 rings (SSSR count). The number of anilines is 2. The number of nitrogens with two attached hydrogens (primary N) is 1. The number of carbonyl (C=O) groups is 4. The molecular weight excluding hydrogens is 1330 g/mol. The number of rotatable bonds is 17. The predicted octanol–water partition coefficient (Wildman–Crippen LogP) is 14.0. The molecule has 23 nitrogen and oxygen atoms in total. The zero-order chi connectivity index (χ0) is 72.6. The van der Waals surface area contributed by atoms with Crippen LogP contribution in [0.25, 0.3) is 0 Å². The molecule has 3 amide bonds. The van der Waals surface area contributed by atoms with Crippen LogP contribution in [-0.4, -0.2) is 121 Å². The van der Waals surface area contributed by atoms with E-state index < -0.39 is 88.2 Å². The molecular formula is C68H90Cl2F2N12O11S2. The van der Waals surface area contributed by atoms with E-state index in [1.54, 1.807) is 47.5 Å². The van der Waals surface area contributed by atoms with Crippen molar-refractivity contribution in [1.29, 1.82) is 0 Å². The summed E-state index contributed by atoms with van der Waals surface area (Å²) < 4.78 is 90.9. The molecule has 6 aromatic rings. The van der Waals surface area contributed by atoms with Crippen LogP contribution in [0.3, 0.4) is 0 Å². The number of primary sulfonamides is 1. The van der Waals surface area contributed by atoms with Crippen LogP contribution in [0.2, 0.25) is 10.0 Å². The average molecular weight is 1420 g/mol. The molecule has 2 saturated heterocycles. The van der Waals surface area contributed by atoms with E-state index in [0.717, 1.165) is 25.0 Å². The predicted molar refractivity (Wildman–Crippen MR) is 367 cm³/mol. The van der Waals surface area contributed by atoms with Gasteiger partial charge in [0, 0.05) is 58.8 Å². The quantitative estimate of drug-likeness (QED) is 0.0530. The van der Waals surface area contributed by atoms with Crippen molar-refractivity contribution >= 4 is 78.9 Å². The van der Waals surface area contributed by atoms with E-state index in [4.69, 9.17) is 42.9 Å². The smallest absolute Gasteiger partial charge is 0.410 e. The van der Waals surface area contributed by atoms with Crippen LogP contribution in [0.1, 0.15) is 205 Å². The van der Waals surface area contributed by atoms with Crippen LogP contribution in [0.5, 0.6) is 0 Å². The number of carboxylic acids is 1. The number of hydrogen-bond acceptors (Lipinski definition) is 18. The molecule has 528 valence electrons. The van der Waals surface area contributed by atoms with Crippen molar-refractivity contribution in [3.8, 4) is 0 Å². The highest BCUT2D eigenvalue weighted by Gasteiger charge is 2.44. The van der Waals surface area contributed by atoms with Crippen LogP contribution >= 0.6 is 23.2 Å². The van der Waals surface area contributed by atoms with E-state index in [9.17, 15) is 44.8 Å². The first-order valence-electron chi connectivity index (χ1n) is 31.5. The van der Waals surface area contributed by atoms with E-state index in [-0.39, 0.29) is 51.9 Å². The zero-order valence-corrected chi connectivity index (χ0v) is 60.9. The number of nitrogens with one attached hydrogen (secondary N) is 3. The van der Waals surface area contributed by atoms with Crippen LogP contribution in [-0.2, 0) is 40.4 Å². The van der Waals surface area contributed by atoms with Gasteiger partial charge in [-0.1, -0.05) is 76.9 Å². The highest BCUT2D eigenvalue weighted by Crippen LogP contribution is 2.40. The van der Waals surface area contributed by atoms with E-state index >= 15 is 0 Å². The van der Waals surface area contributed by atoms with Crippen molar-refractivity contribution < 1.29 is 59.4 Å². The van der Waals surface area contributed by atoms with E-state index in [0.29, 0.717) is 65.3 Å². The number of likely N-dealkylation sites (tertiary alicyclic amines) is 2. The second-order valence-corrected chi connectivity index (χ2v) is 33.4. The SMILES string of the molecule is CC(C)(C)OC(=O)N1C[C@@H](CCC(Nc2cccc(S(=O)(=O)NC(=O)c3ccc(C(C)(C)C)nc3F)n2)c2ccc(Cl)cn2)CC1(C)C.CC(C)(C)OC(=O)N1C[C@@H](CCC(Nc2cccc(S(N)(=O)=O)n2)c2ccc(Cl)cn2)CC1(C)C.CC(C)(C)c1ccc(C(=O)O)c(F)n1. The van der Waals surface area contributed by atoms with Crippen molar-refractivity contribution in [1.82, 2.24) is 44.4 Å². The second kappa shape index (κ2) is 31.0. The average Bonchev–Trinajstić information content (AvgIpc) is 1.73. The van der Waals surface area contributed by atoms with Crippen LogP contribution in [0.4, 0.5) is 30.0 Å². The maximum absolute atomic E-state index is 14.7. The first kappa shape index (κ1) is 78.3. The minimum absolute atomic E-state index is 0.173. The van der Waals surface area contributed by atoms with Crippen molar-refractivity contribution in [2.24, 2.45) is 17.0 Å². The number of carboxylic acid groups (broad SMARTS) is 1. The van der Waals surface area contributed by atoms with Crippen LogP contribution in [0.15, 0.2) is 107 Å². The summed E-state index contributed by atoms with van der Waals surface area (Å²) in [5, 5.41) is 20.7. The molecule has 97 heavy (non-hydrogen) atoms. The fourth-order valence-electron chi connectivity index (χ4n) is 10.9. The van der Waals surface area contributed by atoms with Gasteiger partial charge in [0.1, 0.15) is 28.4 Å². The molecule has 2 aliphatic heterocycles. The van der Waals surface area contributed by atoms with Gasteiger partial charge in [0.15, 0.2) is 10.1 Å². The topological polar surface area (TPSA) is 321 Å². The Labute approximate surface area is 578 Å². The van der Waals surface area contributed by atoms with Crippen molar-refractivity contribution in [3.05, 3.63) is 153 Å². The van der Waals surface area contributed by atoms with Gasteiger partial charge in [-0.15, -0.1) is 0 Å². The number of halogens is 4. The molecule has 0 aliphatic carbocycles. The third-order valence-electron chi connectivity index (χ3n) is 15.7. The molecule has 4 atom stereocenters. The number of amides is 3. The molecule has 2 unspecified atom stereocenters. The number of sulfonamides is 2. The molecule has 6 N–H and O–H groups in total. The minimum atomic E-state index is -4.48. The Bertz CT molecular complexity index is 4010. The third kappa shape index (κ3) is 22.9. The van der Waals surface area contributed by atoms with Crippen LogP contribution < -0.4 is 20.5 Å². The summed E-state index contributed by atoms with van der Waals surface area (Å²) in [6, 6.07) is 20.8. The number of hydrogen-bond donors (Lipinski definition) is 5. The number of aromatic carboxylic acids is 1. The minimum Gasteiger partial charge on any atom is -0.478 e. The van der Waals surface area contributed by atoms with Crippen molar-refractivity contribution in [2.75, 3.05) is 23.7 Å². The summed E-state index contributed by atoms with van der Waals surface area (Å²) in [6.45, 7) is 31.6. The number of pyridine rings is 6. The van der Waals surface area contributed by atoms with E-state index in [2.05, 4.69) is 54.4 Å². The summed E-state index contributed by atoms with van der Waals surface area (Å²) in [7, 11) is -8.42. The summed E-state index contributed by atoms with van der Waals surface area (Å²) in [5.74, 6) is -3.43. The maximum atomic E-state index is 14.7. The lowest BCUT2D eigenvalue weighted by Crippen LogP contribution is -2.45. The number of carbonyl (C=O) groups excluding carboxylic acids is 3. The molecule has 0 radical (unpaired) electrons. The molecule has 2 aliphatic rings. The Hall–Kier alpha value is -7.72. The van der Waals surface area contributed by atoms with Gasteiger partial charge in [-0.2, -0.15) is 17.2 Å². The lowest BCUT2D eigenvalue weighted by Gasteiger charge is -2.33. The molecule has 0 aromatic carbocycles. The standard InChI is InChI=1S/C34H44ClFN6O5S.C24H34ClN5O4S.C10H12FNO2/c1-32(2,3)26-17-14-23(29(36)39-26)30(43)41-48(45,46)28-11-9-10-27(40-28)38-25(24-16-13-22(35)19-37-24)15-12-21-18-34(7,8)42(20-21)31(44)47-33(4,5)6;1-23(2,3)34-22(31)30-15-16(13-24(30,4)5)9-11-19(18-12-10-17(25)14-27-18)28-20-7-6-8-21(29-20)35(26,32)33;1-10(2,3)7-5-4-6(9(13)14)8(11)12-7/h9-11,13-14,16-17,19,21,25H,12,15,18,20H2,1-8H3,(H,38,40)(H,41,43);6-8,10,12,14,16,19H,9,11,13,15H2,1-5H3,(H,28,29)(H2,26,32,33);4-5H,1-3H3,(H,13,14)/t21-,25?;16-,19?;/m00./s1. The summed E-state index contributed by atoms with van der Waals surface area (Å²) in [6.07, 6.45) is 6.83. The van der Waals surface area contributed by atoms with Gasteiger partial charge in [0.05, 0.1) is 39.1 Å².